The maximum atomic E-state index is 9.02. The molecular weight excluding hydrogens is 148 g/mol. The molecule has 0 saturated heterocycles. The van der Waals surface area contributed by atoms with Crippen LogP contribution in [0, 0.1) is 6.92 Å². The van der Waals surface area contributed by atoms with Gasteiger partial charge in [0.25, 0.3) is 0 Å². The number of hydrogen-bond donors (Lipinski definition) is 1. The van der Waals surface area contributed by atoms with E-state index in [2.05, 4.69) is 13.0 Å². The number of rotatable bonds is 2. The summed E-state index contributed by atoms with van der Waals surface area (Å²) in [6.07, 6.45) is 3.35. The van der Waals surface area contributed by atoms with E-state index >= 15 is 0 Å². The molecule has 0 amide bonds. The van der Waals surface area contributed by atoms with Crippen molar-refractivity contribution in [2.75, 3.05) is 0 Å². The van der Waals surface area contributed by atoms with Crippen LogP contribution in [0.1, 0.15) is 18.1 Å². The van der Waals surface area contributed by atoms with E-state index in [4.69, 9.17) is 5.11 Å². The predicted molar refractivity (Wildman–Crippen MR) is 51.9 cm³/mol. The van der Waals surface area contributed by atoms with Crippen molar-refractivity contribution in [2.45, 2.75) is 20.0 Å². The lowest BCUT2D eigenvalue weighted by molar-refractivity contribution is 0.245. The van der Waals surface area contributed by atoms with Crippen molar-refractivity contribution >= 4 is 6.08 Å². The largest absolute Gasteiger partial charge is 0.389 e. The van der Waals surface area contributed by atoms with Gasteiger partial charge in [0.15, 0.2) is 0 Å². The third-order valence-corrected chi connectivity index (χ3v) is 1.74. The van der Waals surface area contributed by atoms with Gasteiger partial charge in [-0.1, -0.05) is 36.4 Å². The van der Waals surface area contributed by atoms with Crippen LogP contribution in [0.5, 0.6) is 0 Å². The fourth-order valence-corrected chi connectivity index (χ4v) is 1.02. The van der Waals surface area contributed by atoms with Crippen LogP contribution in [0.15, 0.2) is 30.3 Å². The van der Waals surface area contributed by atoms with Crippen molar-refractivity contribution in [3.05, 3.63) is 41.5 Å². The molecule has 0 aliphatic heterocycles. The molecular formula is C11H14O. The maximum Gasteiger partial charge on any atom is 0.0696 e. The Kier molecular flexibility index (Phi) is 3.06. The van der Waals surface area contributed by atoms with Crippen molar-refractivity contribution in [3.8, 4) is 0 Å². The van der Waals surface area contributed by atoms with Gasteiger partial charge in [0.05, 0.1) is 6.10 Å². The number of aliphatic hydroxyl groups excluding tert-OH is 1. The van der Waals surface area contributed by atoms with Gasteiger partial charge >= 0.3 is 0 Å². The number of benzene rings is 1. The second-order valence-electron chi connectivity index (χ2n) is 2.96. The van der Waals surface area contributed by atoms with Gasteiger partial charge in [0.1, 0.15) is 0 Å². The predicted octanol–water partition coefficient (Wildman–Crippen LogP) is 2.39. The van der Waals surface area contributed by atoms with Crippen LogP contribution in [0.4, 0.5) is 0 Å². The molecule has 0 fully saturated rings. The standard InChI is InChI=1S/C11H14O/c1-9-5-3-4-6-11(9)8-7-10(2)12/h3-8,10,12H,1-2H3/b8-7+/t10-/m0/s1. The monoisotopic (exact) mass is 162 g/mol. The minimum absolute atomic E-state index is 0.371. The molecule has 0 unspecified atom stereocenters. The quantitative estimate of drug-likeness (QED) is 0.708. The zero-order chi connectivity index (χ0) is 8.97. The van der Waals surface area contributed by atoms with E-state index in [1.54, 1.807) is 13.0 Å². The van der Waals surface area contributed by atoms with Gasteiger partial charge < -0.3 is 5.11 Å². The van der Waals surface area contributed by atoms with Crippen LogP contribution in [-0.2, 0) is 0 Å². The fourth-order valence-electron chi connectivity index (χ4n) is 1.02. The topological polar surface area (TPSA) is 20.2 Å². The minimum atomic E-state index is -0.371. The summed E-state index contributed by atoms with van der Waals surface area (Å²) in [5, 5.41) is 9.02. The second-order valence-corrected chi connectivity index (χ2v) is 2.96. The Balaban J connectivity index is 2.82. The molecule has 0 radical (unpaired) electrons. The Morgan fingerprint density at radius 2 is 2.00 bits per heavy atom. The van der Waals surface area contributed by atoms with Crippen molar-refractivity contribution in [3.63, 3.8) is 0 Å². The van der Waals surface area contributed by atoms with E-state index in [0.29, 0.717) is 0 Å². The Labute approximate surface area is 73.4 Å². The third kappa shape index (κ3) is 2.51. The summed E-state index contributed by atoms with van der Waals surface area (Å²) in [5.74, 6) is 0. The number of aliphatic hydroxyl groups is 1. The zero-order valence-corrected chi connectivity index (χ0v) is 7.49. The summed E-state index contributed by atoms with van der Waals surface area (Å²) in [7, 11) is 0. The third-order valence-electron chi connectivity index (χ3n) is 1.74. The molecule has 64 valence electrons. The first-order valence-corrected chi connectivity index (χ1v) is 4.12. The van der Waals surface area contributed by atoms with E-state index in [1.807, 2.05) is 24.3 Å². The van der Waals surface area contributed by atoms with Crippen LogP contribution >= 0.6 is 0 Å². The lowest BCUT2D eigenvalue weighted by Crippen LogP contribution is -1.91. The first-order chi connectivity index (χ1) is 5.70. The summed E-state index contributed by atoms with van der Waals surface area (Å²) in [6.45, 7) is 3.80. The molecule has 0 saturated carbocycles. The highest BCUT2D eigenvalue weighted by Gasteiger charge is 1.91. The smallest absolute Gasteiger partial charge is 0.0696 e. The van der Waals surface area contributed by atoms with E-state index in [1.165, 1.54) is 11.1 Å². The van der Waals surface area contributed by atoms with E-state index in [-0.39, 0.29) is 6.10 Å². The Morgan fingerprint density at radius 3 is 2.58 bits per heavy atom. The molecule has 0 bridgehead atoms. The van der Waals surface area contributed by atoms with Crippen LogP contribution in [-0.4, -0.2) is 11.2 Å². The van der Waals surface area contributed by atoms with Gasteiger partial charge in [-0.15, -0.1) is 0 Å². The Morgan fingerprint density at radius 1 is 1.33 bits per heavy atom. The van der Waals surface area contributed by atoms with E-state index in [0.717, 1.165) is 0 Å². The molecule has 1 aromatic rings. The van der Waals surface area contributed by atoms with Crippen molar-refractivity contribution in [1.82, 2.24) is 0 Å². The summed E-state index contributed by atoms with van der Waals surface area (Å²) in [6, 6.07) is 8.10. The van der Waals surface area contributed by atoms with Crippen LogP contribution in [0.25, 0.3) is 6.08 Å². The molecule has 1 atom stereocenters. The lowest BCUT2D eigenvalue weighted by atomic mass is 10.1. The van der Waals surface area contributed by atoms with Crippen molar-refractivity contribution in [1.29, 1.82) is 0 Å². The number of hydrogen-bond acceptors (Lipinski definition) is 1. The van der Waals surface area contributed by atoms with E-state index in [9.17, 15) is 0 Å². The van der Waals surface area contributed by atoms with Gasteiger partial charge in [-0.05, 0) is 25.0 Å². The normalized spacial score (nSPS) is 13.6. The molecule has 1 N–H and O–H groups in total. The molecule has 1 heteroatoms. The van der Waals surface area contributed by atoms with Gasteiger partial charge in [0.2, 0.25) is 0 Å². The van der Waals surface area contributed by atoms with Gasteiger partial charge in [-0.3, -0.25) is 0 Å². The number of aryl methyl sites for hydroxylation is 1. The van der Waals surface area contributed by atoms with Crippen LogP contribution in [0.2, 0.25) is 0 Å². The summed E-state index contributed by atoms with van der Waals surface area (Å²) in [5.41, 5.74) is 2.40. The Hall–Kier alpha value is -1.08. The van der Waals surface area contributed by atoms with Gasteiger partial charge in [0, 0.05) is 0 Å². The highest BCUT2D eigenvalue weighted by Crippen LogP contribution is 2.08. The average Bonchev–Trinajstić information content (AvgIpc) is 2.03. The molecule has 0 heterocycles. The fraction of sp³-hybridized carbons (Fsp3) is 0.273. The average molecular weight is 162 g/mol. The maximum absolute atomic E-state index is 9.02. The summed E-state index contributed by atoms with van der Waals surface area (Å²) in [4.78, 5) is 0. The summed E-state index contributed by atoms with van der Waals surface area (Å²) < 4.78 is 0. The highest BCUT2D eigenvalue weighted by atomic mass is 16.3. The van der Waals surface area contributed by atoms with E-state index < -0.39 is 0 Å². The molecule has 1 rings (SSSR count). The zero-order valence-electron chi connectivity index (χ0n) is 7.49. The first kappa shape index (κ1) is 9.01. The minimum Gasteiger partial charge on any atom is -0.389 e. The molecule has 0 aromatic heterocycles. The van der Waals surface area contributed by atoms with Crippen molar-refractivity contribution in [2.24, 2.45) is 0 Å². The lowest BCUT2D eigenvalue weighted by Gasteiger charge is -1.99. The van der Waals surface area contributed by atoms with Crippen LogP contribution < -0.4 is 0 Å². The molecule has 12 heavy (non-hydrogen) atoms. The molecule has 1 aromatic carbocycles. The van der Waals surface area contributed by atoms with Gasteiger partial charge in [-0.25, -0.2) is 0 Å². The molecule has 0 aliphatic carbocycles. The molecule has 0 aliphatic rings. The first-order valence-electron chi connectivity index (χ1n) is 4.12. The van der Waals surface area contributed by atoms with Crippen LogP contribution in [0.3, 0.4) is 0 Å². The Bertz CT molecular complexity index is 274. The SMILES string of the molecule is Cc1ccccc1/C=C/[C@H](C)O. The van der Waals surface area contributed by atoms with Gasteiger partial charge in [-0.2, -0.15) is 0 Å². The van der Waals surface area contributed by atoms with Crippen molar-refractivity contribution < 1.29 is 5.11 Å². The highest BCUT2D eigenvalue weighted by molar-refractivity contribution is 5.53. The summed E-state index contributed by atoms with van der Waals surface area (Å²) >= 11 is 0. The second kappa shape index (κ2) is 4.07. The molecule has 0 spiro atoms. The molecule has 1 nitrogen and oxygen atoms in total.